The number of aromatic amines is 1. The molecular weight excluding hydrogens is 480 g/mol. The third-order valence-corrected chi connectivity index (χ3v) is 7.23. The molecule has 0 aliphatic carbocycles. The highest BCUT2D eigenvalue weighted by molar-refractivity contribution is 6.35. The number of carbonyl (C=O) groups is 1. The first-order valence-electron chi connectivity index (χ1n) is 11.3. The zero-order valence-corrected chi connectivity index (χ0v) is 20.1. The van der Waals surface area contributed by atoms with E-state index in [0.717, 1.165) is 36.7 Å². The molecule has 178 valence electrons. The van der Waals surface area contributed by atoms with E-state index in [-0.39, 0.29) is 41.0 Å². The molecule has 2 atom stereocenters. The maximum atomic E-state index is 14.8. The first-order chi connectivity index (χ1) is 16.3. The molecule has 2 aliphatic heterocycles. The summed E-state index contributed by atoms with van der Waals surface area (Å²) in [6.07, 6.45) is 1.52. The molecule has 0 spiro atoms. The molecule has 1 saturated heterocycles. The van der Waals surface area contributed by atoms with E-state index in [1.807, 2.05) is 13.0 Å². The Bertz CT molecular complexity index is 1340. The number of halogens is 3. The van der Waals surface area contributed by atoms with Gasteiger partial charge < -0.3 is 20.5 Å². The van der Waals surface area contributed by atoms with E-state index < -0.39 is 5.82 Å². The Balaban J connectivity index is 1.35. The predicted octanol–water partition coefficient (Wildman–Crippen LogP) is 4.00. The Hall–Kier alpha value is -2.68. The van der Waals surface area contributed by atoms with Crippen LogP contribution in [0.2, 0.25) is 10.0 Å². The zero-order chi connectivity index (χ0) is 24.0. The van der Waals surface area contributed by atoms with Crippen LogP contribution >= 0.6 is 23.2 Å². The van der Waals surface area contributed by atoms with Gasteiger partial charge in [0.25, 0.3) is 5.56 Å². The number of fused-ring (bicyclic) bond motifs is 2. The van der Waals surface area contributed by atoms with Gasteiger partial charge in [0.05, 0.1) is 29.2 Å². The number of anilines is 1. The molecule has 0 radical (unpaired) electrons. The maximum absolute atomic E-state index is 14.8. The summed E-state index contributed by atoms with van der Waals surface area (Å²) in [4.78, 5) is 34.6. The van der Waals surface area contributed by atoms with Gasteiger partial charge in [0.1, 0.15) is 11.6 Å². The Kier molecular flexibility index (Phi) is 6.22. The lowest BCUT2D eigenvalue weighted by molar-refractivity contribution is -0.131. The lowest BCUT2D eigenvalue weighted by Crippen LogP contribution is -2.42. The fourth-order valence-corrected chi connectivity index (χ4v) is 5.60. The number of H-pyrrole nitrogens is 1. The van der Waals surface area contributed by atoms with E-state index in [1.165, 1.54) is 6.07 Å². The molecule has 3 N–H and O–H groups in total. The van der Waals surface area contributed by atoms with Crippen molar-refractivity contribution in [3.8, 4) is 0 Å². The lowest BCUT2D eigenvalue weighted by atomic mass is 9.93. The summed E-state index contributed by atoms with van der Waals surface area (Å²) in [6.45, 7) is 3.93. The summed E-state index contributed by atoms with van der Waals surface area (Å²) in [5.41, 5.74) is 2.08. The highest BCUT2D eigenvalue weighted by atomic mass is 35.5. The highest BCUT2D eigenvalue weighted by Crippen LogP contribution is 2.37. The van der Waals surface area contributed by atoms with Crippen LogP contribution in [0.3, 0.4) is 0 Å². The van der Waals surface area contributed by atoms with Crippen molar-refractivity contribution in [1.82, 2.24) is 20.2 Å². The number of rotatable bonds is 4. The number of amides is 1. The summed E-state index contributed by atoms with van der Waals surface area (Å²) in [7, 11) is 0. The predicted molar refractivity (Wildman–Crippen MR) is 131 cm³/mol. The normalized spacial score (nSPS) is 19.9. The fraction of sp³-hybridized carbons (Fsp3) is 0.375. The topological polar surface area (TPSA) is 90.1 Å². The second kappa shape index (κ2) is 9.17. The second-order valence-electron chi connectivity index (χ2n) is 8.82. The largest absolute Gasteiger partial charge is 0.374 e. The number of nitrogens with one attached hydrogen (secondary N) is 3. The van der Waals surface area contributed by atoms with E-state index >= 15 is 0 Å². The molecule has 34 heavy (non-hydrogen) atoms. The average Bonchev–Trinajstić information content (AvgIpc) is 3.33. The van der Waals surface area contributed by atoms with Crippen LogP contribution in [-0.4, -0.2) is 47.0 Å². The van der Waals surface area contributed by atoms with Crippen LogP contribution in [-0.2, 0) is 11.2 Å². The van der Waals surface area contributed by atoms with Gasteiger partial charge in [-0.3, -0.25) is 9.59 Å². The number of hydrogen-bond acceptors (Lipinski definition) is 5. The van der Waals surface area contributed by atoms with Crippen molar-refractivity contribution >= 4 is 45.7 Å². The summed E-state index contributed by atoms with van der Waals surface area (Å²) in [5.74, 6) is -0.0860. The Morgan fingerprint density at radius 3 is 2.88 bits per heavy atom. The minimum Gasteiger partial charge on any atom is -0.374 e. The van der Waals surface area contributed by atoms with Crippen molar-refractivity contribution in [2.45, 2.75) is 31.7 Å². The first kappa shape index (κ1) is 23.1. The molecule has 1 amide bonds. The van der Waals surface area contributed by atoms with Crippen molar-refractivity contribution < 1.29 is 9.18 Å². The van der Waals surface area contributed by atoms with Crippen LogP contribution < -0.4 is 16.2 Å². The van der Waals surface area contributed by atoms with E-state index in [2.05, 4.69) is 20.6 Å². The van der Waals surface area contributed by atoms with E-state index in [0.29, 0.717) is 34.4 Å². The van der Waals surface area contributed by atoms with Crippen molar-refractivity contribution in [3.63, 3.8) is 0 Å². The summed E-state index contributed by atoms with van der Waals surface area (Å²) >= 11 is 12.5. The van der Waals surface area contributed by atoms with E-state index in [4.69, 9.17) is 23.2 Å². The Morgan fingerprint density at radius 1 is 1.29 bits per heavy atom. The van der Waals surface area contributed by atoms with Gasteiger partial charge in [0.2, 0.25) is 5.91 Å². The summed E-state index contributed by atoms with van der Waals surface area (Å²) < 4.78 is 14.8. The van der Waals surface area contributed by atoms with Gasteiger partial charge in [0, 0.05) is 29.1 Å². The minimum atomic E-state index is -0.613. The van der Waals surface area contributed by atoms with Crippen LogP contribution in [0.25, 0.3) is 10.9 Å². The van der Waals surface area contributed by atoms with Crippen molar-refractivity contribution in [2.75, 3.05) is 31.5 Å². The molecule has 0 bridgehead atoms. The SMILES string of the molecule is C[C@H]1c2c(Cl)cc(Cl)cc2CCN1C(=O)CNc1cc2nc([C@@H]3CCNC3)[nH]c(=O)c2cc1F. The molecule has 3 heterocycles. The van der Waals surface area contributed by atoms with Crippen molar-refractivity contribution in [3.05, 3.63) is 67.4 Å². The van der Waals surface area contributed by atoms with Crippen LogP contribution in [0.1, 0.15) is 42.3 Å². The van der Waals surface area contributed by atoms with E-state index in [9.17, 15) is 14.0 Å². The van der Waals surface area contributed by atoms with Gasteiger partial charge in [-0.1, -0.05) is 23.2 Å². The average molecular weight is 504 g/mol. The van der Waals surface area contributed by atoms with Crippen LogP contribution in [0.4, 0.5) is 10.1 Å². The van der Waals surface area contributed by atoms with E-state index in [1.54, 1.807) is 11.0 Å². The van der Waals surface area contributed by atoms with Gasteiger partial charge in [-0.25, -0.2) is 9.37 Å². The third-order valence-electron chi connectivity index (χ3n) is 6.70. The van der Waals surface area contributed by atoms with Crippen LogP contribution in [0, 0.1) is 5.82 Å². The van der Waals surface area contributed by atoms with Crippen molar-refractivity contribution in [1.29, 1.82) is 0 Å². The van der Waals surface area contributed by atoms with Crippen LogP contribution in [0.5, 0.6) is 0 Å². The summed E-state index contributed by atoms with van der Waals surface area (Å²) in [6, 6.07) is 5.99. The van der Waals surface area contributed by atoms with Gasteiger partial charge >= 0.3 is 0 Å². The first-order valence-corrected chi connectivity index (χ1v) is 12.0. The standard InChI is InChI=1S/C24H24Cl2FN5O2/c1-12-22-13(6-15(25)7-17(22)26)3-5-32(12)21(33)11-29-20-9-19-16(8-18(20)27)24(34)31-23(30-19)14-2-4-28-10-14/h6-9,12,14,28-29H,2-5,10-11H2,1H3,(H,30,31,34)/t12-,14+/m0/s1. The number of aromatic nitrogens is 2. The molecular formula is C24H24Cl2FN5O2. The number of benzene rings is 2. The zero-order valence-electron chi connectivity index (χ0n) is 18.6. The quantitative estimate of drug-likeness (QED) is 0.500. The fourth-order valence-electron chi connectivity index (χ4n) is 4.91. The smallest absolute Gasteiger partial charge is 0.258 e. The highest BCUT2D eigenvalue weighted by Gasteiger charge is 2.29. The maximum Gasteiger partial charge on any atom is 0.258 e. The van der Waals surface area contributed by atoms with Gasteiger partial charge in [-0.05, 0) is 61.7 Å². The summed E-state index contributed by atoms with van der Waals surface area (Å²) in [5, 5.41) is 7.43. The number of nitrogens with zero attached hydrogens (tertiary/aromatic N) is 2. The third kappa shape index (κ3) is 4.26. The van der Waals surface area contributed by atoms with Gasteiger partial charge in [0.15, 0.2) is 0 Å². The molecule has 3 aromatic rings. The molecule has 0 saturated carbocycles. The number of hydrogen-bond donors (Lipinski definition) is 3. The van der Waals surface area contributed by atoms with Gasteiger partial charge in [-0.15, -0.1) is 0 Å². The monoisotopic (exact) mass is 503 g/mol. The molecule has 2 aliphatic rings. The molecule has 1 aromatic heterocycles. The second-order valence-corrected chi connectivity index (χ2v) is 9.66. The van der Waals surface area contributed by atoms with Crippen LogP contribution in [0.15, 0.2) is 29.1 Å². The van der Waals surface area contributed by atoms with Crippen molar-refractivity contribution in [2.24, 2.45) is 0 Å². The Labute approximate surface area is 205 Å². The lowest BCUT2D eigenvalue weighted by Gasteiger charge is -2.36. The Morgan fingerprint density at radius 2 is 2.12 bits per heavy atom. The molecule has 0 unspecified atom stereocenters. The number of carbonyl (C=O) groups excluding carboxylic acids is 1. The molecule has 5 rings (SSSR count). The van der Waals surface area contributed by atoms with Gasteiger partial charge in [-0.2, -0.15) is 0 Å². The molecule has 10 heteroatoms. The minimum absolute atomic E-state index is 0.101. The molecule has 7 nitrogen and oxygen atoms in total. The molecule has 2 aromatic carbocycles. The molecule has 1 fully saturated rings.